The maximum atomic E-state index is 2.47. The summed E-state index contributed by atoms with van der Waals surface area (Å²) in [4.78, 5) is 2.46. The predicted molar refractivity (Wildman–Crippen MR) is 277 cm³/mol. The van der Waals surface area contributed by atoms with E-state index in [0.29, 0.717) is 0 Å². The molecule has 0 bridgehead atoms. The highest BCUT2D eigenvalue weighted by Gasteiger charge is 2.38. The van der Waals surface area contributed by atoms with Crippen molar-refractivity contribution in [2.24, 2.45) is 0 Å². The first-order valence-electron chi connectivity index (χ1n) is 23.0. The Labute approximate surface area is 380 Å². The molecule has 0 radical (unpaired) electrons. The van der Waals surface area contributed by atoms with Gasteiger partial charge in [-0.1, -0.05) is 179 Å². The van der Waals surface area contributed by atoms with Gasteiger partial charge >= 0.3 is 0 Å². The predicted octanol–water partition coefficient (Wildman–Crippen LogP) is 17.7. The third-order valence-electron chi connectivity index (χ3n) is 15.0. The molecule has 1 nitrogen and oxygen atoms in total. The number of hydrogen-bond donors (Lipinski definition) is 0. The molecule has 0 heterocycles. The Kier molecular flexibility index (Phi) is 8.07. The fourth-order valence-electron chi connectivity index (χ4n) is 11.7. The number of para-hydroxylation sites is 1. The van der Waals surface area contributed by atoms with Crippen molar-refractivity contribution in [3.63, 3.8) is 0 Å². The SMILES string of the molecule is CC1(C)c2cc(-c3cc4ccccc4c4ccccc34)ccc2-c2ccc(N(c3ccccc3)c3ccc4c(c3)C(C)(C)c3cc(-c5cc6ccccc6c6ccccc56)ccc3-4)cc21. The van der Waals surface area contributed by atoms with E-state index in [0.717, 1.165) is 17.1 Å². The summed E-state index contributed by atoms with van der Waals surface area (Å²) in [5.41, 5.74) is 18.9. The Morgan fingerprint density at radius 2 is 0.615 bits per heavy atom. The highest BCUT2D eigenvalue weighted by Crippen LogP contribution is 2.54. The van der Waals surface area contributed by atoms with E-state index in [1.54, 1.807) is 0 Å². The molecule has 1 heteroatoms. The molecule has 2 aliphatic rings. The lowest BCUT2D eigenvalue weighted by Crippen LogP contribution is -2.18. The van der Waals surface area contributed by atoms with Crippen LogP contribution in [0.4, 0.5) is 17.1 Å². The van der Waals surface area contributed by atoms with Crippen molar-refractivity contribution in [3.8, 4) is 44.5 Å². The molecule has 0 saturated heterocycles. The van der Waals surface area contributed by atoms with Crippen molar-refractivity contribution in [2.75, 3.05) is 4.90 Å². The van der Waals surface area contributed by atoms with Crippen LogP contribution in [0, 0.1) is 0 Å². The number of anilines is 3. The van der Waals surface area contributed by atoms with Crippen molar-refractivity contribution in [2.45, 2.75) is 38.5 Å². The van der Waals surface area contributed by atoms with E-state index in [2.05, 4.69) is 245 Å². The summed E-state index contributed by atoms with van der Waals surface area (Å²) < 4.78 is 0. The van der Waals surface area contributed by atoms with Gasteiger partial charge in [0.15, 0.2) is 0 Å². The molecular formula is C64H47N. The van der Waals surface area contributed by atoms with Gasteiger partial charge in [0.25, 0.3) is 0 Å². The highest BCUT2D eigenvalue weighted by molar-refractivity contribution is 6.15. The molecule has 0 aliphatic heterocycles. The normalized spacial score (nSPS) is 14.1. The lowest BCUT2D eigenvalue weighted by Gasteiger charge is -2.29. The van der Waals surface area contributed by atoms with Crippen molar-refractivity contribution in [3.05, 3.63) is 235 Å². The Morgan fingerprint density at radius 1 is 0.262 bits per heavy atom. The van der Waals surface area contributed by atoms with Gasteiger partial charge in [0.05, 0.1) is 0 Å². The third kappa shape index (κ3) is 5.58. The number of fused-ring (bicyclic) bond motifs is 12. The number of benzene rings is 11. The summed E-state index contributed by atoms with van der Waals surface area (Å²) in [5.74, 6) is 0. The Hall–Kier alpha value is -7.74. The smallest absolute Gasteiger partial charge is 0.0465 e. The molecule has 0 saturated carbocycles. The van der Waals surface area contributed by atoms with Crippen LogP contribution in [0.1, 0.15) is 49.9 Å². The van der Waals surface area contributed by atoms with E-state index in [4.69, 9.17) is 0 Å². The summed E-state index contributed by atoms with van der Waals surface area (Å²) in [7, 11) is 0. The van der Waals surface area contributed by atoms with Crippen molar-refractivity contribution in [1.82, 2.24) is 0 Å². The van der Waals surface area contributed by atoms with Crippen LogP contribution in [0.25, 0.3) is 87.6 Å². The first-order chi connectivity index (χ1) is 31.7. The van der Waals surface area contributed by atoms with Crippen LogP contribution in [0.5, 0.6) is 0 Å². The topological polar surface area (TPSA) is 3.24 Å². The van der Waals surface area contributed by atoms with E-state index < -0.39 is 0 Å². The largest absolute Gasteiger partial charge is 0.310 e. The van der Waals surface area contributed by atoms with Gasteiger partial charge in [0.1, 0.15) is 0 Å². The van der Waals surface area contributed by atoms with Gasteiger partial charge < -0.3 is 4.90 Å². The van der Waals surface area contributed by atoms with Crippen LogP contribution in [-0.2, 0) is 10.8 Å². The Balaban J connectivity index is 0.897. The van der Waals surface area contributed by atoms with Gasteiger partial charge in [0, 0.05) is 27.9 Å². The lowest BCUT2D eigenvalue weighted by molar-refractivity contribution is 0.660. The van der Waals surface area contributed by atoms with E-state index in [1.165, 1.54) is 110 Å². The van der Waals surface area contributed by atoms with Gasteiger partial charge in [0.2, 0.25) is 0 Å². The molecule has 2 aliphatic carbocycles. The zero-order chi connectivity index (χ0) is 43.6. The minimum absolute atomic E-state index is 0.207. The molecule has 308 valence electrons. The zero-order valence-corrected chi connectivity index (χ0v) is 37.2. The molecule has 0 amide bonds. The van der Waals surface area contributed by atoms with Crippen LogP contribution < -0.4 is 4.90 Å². The summed E-state index contributed by atoms with van der Waals surface area (Å²) in [6.45, 7) is 9.61. The molecule has 65 heavy (non-hydrogen) atoms. The minimum atomic E-state index is -0.207. The van der Waals surface area contributed by atoms with Gasteiger partial charge in [-0.25, -0.2) is 0 Å². The summed E-state index contributed by atoms with van der Waals surface area (Å²) in [6, 6.07) is 79.6. The highest BCUT2D eigenvalue weighted by atomic mass is 15.1. The molecule has 13 rings (SSSR count). The number of nitrogens with zero attached hydrogens (tertiary/aromatic N) is 1. The van der Waals surface area contributed by atoms with E-state index in [-0.39, 0.29) is 10.8 Å². The van der Waals surface area contributed by atoms with Crippen molar-refractivity contribution >= 4 is 60.2 Å². The molecule has 11 aromatic rings. The summed E-state index contributed by atoms with van der Waals surface area (Å²) in [5, 5.41) is 10.3. The number of hydrogen-bond acceptors (Lipinski definition) is 1. The van der Waals surface area contributed by atoms with Crippen molar-refractivity contribution in [1.29, 1.82) is 0 Å². The monoisotopic (exact) mass is 829 g/mol. The minimum Gasteiger partial charge on any atom is -0.310 e. The lowest BCUT2D eigenvalue weighted by atomic mass is 9.80. The van der Waals surface area contributed by atoms with E-state index in [9.17, 15) is 0 Å². The second-order valence-electron chi connectivity index (χ2n) is 19.3. The molecule has 0 fully saturated rings. The molecule has 0 spiro atoms. The zero-order valence-electron chi connectivity index (χ0n) is 37.2. The summed E-state index contributed by atoms with van der Waals surface area (Å²) >= 11 is 0. The summed E-state index contributed by atoms with van der Waals surface area (Å²) in [6.07, 6.45) is 0. The molecule has 11 aromatic carbocycles. The van der Waals surface area contributed by atoms with Gasteiger partial charge in [-0.3, -0.25) is 0 Å². The molecular weight excluding hydrogens is 783 g/mol. The van der Waals surface area contributed by atoms with Crippen LogP contribution in [0.3, 0.4) is 0 Å². The standard InChI is InChI=1S/C64H47N/c1-63(2)59-36-42(57-34-40-16-8-10-20-47(40)49-22-12-14-24-51(49)57)26-30-53(59)55-32-28-45(38-61(55)63)65(44-18-6-5-7-19-44)46-29-33-56-54-31-27-43(37-60(54)64(3,4)62(56)39-46)58-35-41-17-9-11-21-48(41)50-23-13-15-25-52(50)58/h5-39H,1-4H3. The number of rotatable bonds is 5. The molecule has 0 aromatic heterocycles. The van der Waals surface area contributed by atoms with E-state index >= 15 is 0 Å². The molecule has 0 atom stereocenters. The van der Waals surface area contributed by atoms with Gasteiger partial charge in [-0.15, -0.1) is 0 Å². The van der Waals surface area contributed by atoms with Crippen LogP contribution in [0.15, 0.2) is 212 Å². The molecule has 0 N–H and O–H groups in total. The maximum absolute atomic E-state index is 2.47. The van der Waals surface area contributed by atoms with Crippen molar-refractivity contribution < 1.29 is 0 Å². The second-order valence-corrected chi connectivity index (χ2v) is 19.3. The third-order valence-corrected chi connectivity index (χ3v) is 15.0. The fourth-order valence-corrected chi connectivity index (χ4v) is 11.7. The Bertz CT molecular complexity index is 3550. The van der Waals surface area contributed by atoms with Crippen LogP contribution in [0.2, 0.25) is 0 Å². The second kappa shape index (κ2) is 13.9. The van der Waals surface area contributed by atoms with Crippen LogP contribution in [-0.4, -0.2) is 0 Å². The molecule has 0 unspecified atom stereocenters. The van der Waals surface area contributed by atoms with Crippen LogP contribution >= 0.6 is 0 Å². The first kappa shape index (κ1) is 37.8. The van der Waals surface area contributed by atoms with Gasteiger partial charge in [-0.05, 0) is 171 Å². The average Bonchev–Trinajstić information content (AvgIpc) is 3.71. The quantitative estimate of drug-likeness (QED) is 0.156. The Morgan fingerprint density at radius 3 is 1.06 bits per heavy atom. The van der Waals surface area contributed by atoms with Gasteiger partial charge in [-0.2, -0.15) is 0 Å². The fraction of sp³-hybridized carbons (Fsp3) is 0.0938. The average molecular weight is 830 g/mol. The maximum Gasteiger partial charge on any atom is 0.0465 e. The first-order valence-corrected chi connectivity index (χ1v) is 23.0. The van der Waals surface area contributed by atoms with E-state index in [1.807, 2.05) is 0 Å².